The Labute approximate surface area is 189 Å². The number of rotatable bonds is 8. The summed E-state index contributed by atoms with van der Waals surface area (Å²) in [6.45, 7) is 1.37. The lowest BCUT2D eigenvalue weighted by Crippen LogP contribution is -2.17. The number of anilines is 1. The van der Waals surface area contributed by atoms with Crippen LogP contribution in [0.15, 0.2) is 65.8 Å². The average Bonchev–Trinajstić information content (AvgIpc) is 2.78. The molecule has 2 amide bonds. The average molecular weight is 453 g/mol. The Kier molecular flexibility index (Phi) is 7.69. The van der Waals surface area contributed by atoms with E-state index in [1.54, 1.807) is 42.5 Å². The number of hydrazone groups is 1. The van der Waals surface area contributed by atoms with Crippen molar-refractivity contribution in [1.29, 1.82) is 0 Å². The topological polar surface area (TPSA) is 89.0 Å². The van der Waals surface area contributed by atoms with Crippen molar-refractivity contribution in [3.63, 3.8) is 0 Å². The first-order valence-electron chi connectivity index (χ1n) is 9.81. The van der Waals surface area contributed by atoms with Crippen LogP contribution in [-0.4, -0.2) is 25.1 Å². The van der Waals surface area contributed by atoms with Gasteiger partial charge in [0.25, 0.3) is 5.91 Å². The SMILES string of the molecule is COc1ccc(/C=N\NC(=O)c2ccc(NC(C)=O)cc2)cc1COc1ccc(F)cc1F. The molecule has 0 spiro atoms. The molecule has 0 radical (unpaired) electrons. The Morgan fingerprint density at radius 1 is 1.00 bits per heavy atom. The van der Waals surface area contributed by atoms with E-state index in [4.69, 9.17) is 9.47 Å². The van der Waals surface area contributed by atoms with Gasteiger partial charge < -0.3 is 14.8 Å². The van der Waals surface area contributed by atoms with Crippen LogP contribution in [0.25, 0.3) is 0 Å². The van der Waals surface area contributed by atoms with Crippen molar-refractivity contribution in [3.8, 4) is 11.5 Å². The van der Waals surface area contributed by atoms with Gasteiger partial charge in [-0.25, -0.2) is 14.2 Å². The summed E-state index contributed by atoms with van der Waals surface area (Å²) in [5, 5.41) is 6.57. The van der Waals surface area contributed by atoms with Gasteiger partial charge in [-0.05, 0) is 60.2 Å². The summed E-state index contributed by atoms with van der Waals surface area (Å²) in [6, 6.07) is 14.5. The molecule has 33 heavy (non-hydrogen) atoms. The van der Waals surface area contributed by atoms with E-state index in [1.807, 2.05) is 0 Å². The molecule has 7 nitrogen and oxygen atoms in total. The summed E-state index contributed by atoms with van der Waals surface area (Å²) in [5.74, 6) is -1.71. The maximum Gasteiger partial charge on any atom is 0.271 e. The minimum atomic E-state index is -0.806. The number of amides is 2. The molecule has 0 aliphatic heterocycles. The first-order chi connectivity index (χ1) is 15.9. The minimum absolute atomic E-state index is 0.0274. The van der Waals surface area contributed by atoms with Crippen LogP contribution in [0.1, 0.15) is 28.4 Å². The number of methoxy groups -OCH3 is 1. The van der Waals surface area contributed by atoms with E-state index in [9.17, 15) is 18.4 Å². The van der Waals surface area contributed by atoms with Gasteiger partial charge in [-0.2, -0.15) is 5.10 Å². The number of benzene rings is 3. The molecule has 0 atom stereocenters. The van der Waals surface area contributed by atoms with Crippen LogP contribution in [-0.2, 0) is 11.4 Å². The van der Waals surface area contributed by atoms with Crippen LogP contribution in [0.5, 0.6) is 11.5 Å². The molecule has 0 aliphatic rings. The fraction of sp³-hybridized carbons (Fsp3) is 0.125. The first kappa shape index (κ1) is 23.4. The largest absolute Gasteiger partial charge is 0.496 e. The number of halogens is 2. The molecule has 0 unspecified atom stereocenters. The van der Waals surface area contributed by atoms with Crippen LogP contribution in [0.4, 0.5) is 14.5 Å². The van der Waals surface area contributed by atoms with Gasteiger partial charge in [0.15, 0.2) is 11.6 Å². The van der Waals surface area contributed by atoms with Gasteiger partial charge >= 0.3 is 0 Å². The van der Waals surface area contributed by atoms with Gasteiger partial charge in [0.2, 0.25) is 5.91 Å². The summed E-state index contributed by atoms with van der Waals surface area (Å²) >= 11 is 0. The van der Waals surface area contributed by atoms with Crippen molar-refractivity contribution in [2.75, 3.05) is 12.4 Å². The van der Waals surface area contributed by atoms with Gasteiger partial charge in [0.05, 0.1) is 13.3 Å². The van der Waals surface area contributed by atoms with Gasteiger partial charge in [0.1, 0.15) is 18.2 Å². The molecule has 0 saturated heterocycles. The molecule has 2 N–H and O–H groups in total. The van der Waals surface area contributed by atoms with Gasteiger partial charge in [0, 0.05) is 29.8 Å². The smallest absolute Gasteiger partial charge is 0.271 e. The van der Waals surface area contributed by atoms with Crippen molar-refractivity contribution < 1.29 is 27.8 Å². The Hall–Kier alpha value is -4.27. The fourth-order valence-corrected chi connectivity index (χ4v) is 2.88. The molecule has 0 heterocycles. The molecule has 0 saturated carbocycles. The molecule has 0 aliphatic carbocycles. The second-order valence-corrected chi connectivity index (χ2v) is 6.89. The Morgan fingerprint density at radius 2 is 1.73 bits per heavy atom. The second kappa shape index (κ2) is 10.9. The lowest BCUT2D eigenvalue weighted by atomic mass is 10.1. The predicted octanol–water partition coefficient (Wildman–Crippen LogP) is 4.27. The standard InChI is InChI=1S/C24H21F2N3O4/c1-15(30)28-20-7-4-17(5-8-20)24(31)29-27-13-16-3-9-22(32-2)18(11-16)14-33-23-10-6-19(25)12-21(23)26/h3-13H,14H2,1-2H3,(H,28,30)(H,29,31)/b27-13-. The molecule has 170 valence electrons. The summed E-state index contributed by atoms with van der Waals surface area (Å²) in [6.07, 6.45) is 1.44. The van der Waals surface area contributed by atoms with Crippen LogP contribution in [0.2, 0.25) is 0 Å². The monoisotopic (exact) mass is 453 g/mol. The third kappa shape index (κ3) is 6.60. The number of carbonyl (C=O) groups is 2. The highest BCUT2D eigenvalue weighted by Gasteiger charge is 2.09. The van der Waals surface area contributed by atoms with Crippen molar-refractivity contribution in [1.82, 2.24) is 5.43 Å². The van der Waals surface area contributed by atoms with Crippen molar-refractivity contribution in [2.45, 2.75) is 13.5 Å². The molecular weight excluding hydrogens is 432 g/mol. The molecular formula is C24H21F2N3O4. The van der Waals surface area contributed by atoms with Crippen molar-refractivity contribution >= 4 is 23.7 Å². The van der Waals surface area contributed by atoms with E-state index in [0.717, 1.165) is 12.1 Å². The highest BCUT2D eigenvalue weighted by molar-refractivity contribution is 5.96. The number of ether oxygens (including phenoxy) is 2. The lowest BCUT2D eigenvalue weighted by Gasteiger charge is -2.11. The summed E-state index contributed by atoms with van der Waals surface area (Å²) in [7, 11) is 1.49. The third-order valence-corrected chi connectivity index (χ3v) is 4.43. The van der Waals surface area contributed by atoms with E-state index in [1.165, 1.54) is 26.3 Å². The van der Waals surface area contributed by atoms with Gasteiger partial charge in [-0.15, -0.1) is 0 Å². The number of hydrogen-bond acceptors (Lipinski definition) is 5. The maximum atomic E-state index is 13.8. The van der Waals surface area contributed by atoms with Gasteiger partial charge in [-0.3, -0.25) is 9.59 Å². The van der Waals surface area contributed by atoms with Crippen LogP contribution in [0.3, 0.4) is 0 Å². The Morgan fingerprint density at radius 3 is 2.39 bits per heavy atom. The Balaban J connectivity index is 1.64. The zero-order valence-electron chi connectivity index (χ0n) is 17.9. The van der Waals surface area contributed by atoms with Crippen LogP contribution < -0.4 is 20.2 Å². The fourth-order valence-electron chi connectivity index (χ4n) is 2.88. The zero-order valence-corrected chi connectivity index (χ0v) is 17.9. The van der Waals surface area contributed by atoms with E-state index in [2.05, 4.69) is 15.8 Å². The molecule has 0 aromatic heterocycles. The third-order valence-electron chi connectivity index (χ3n) is 4.43. The van der Waals surface area contributed by atoms with E-state index < -0.39 is 17.5 Å². The number of hydrogen-bond donors (Lipinski definition) is 2. The van der Waals surface area contributed by atoms with Crippen LogP contribution >= 0.6 is 0 Å². The quantitative estimate of drug-likeness (QED) is 0.394. The lowest BCUT2D eigenvalue weighted by molar-refractivity contribution is -0.114. The minimum Gasteiger partial charge on any atom is -0.496 e. The number of nitrogens with zero attached hydrogens (tertiary/aromatic N) is 1. The maximum absolute atomic E-state index is 13.8. The molecule has 3 aromatic rings. The summed E-state index contributed by atoms with van der Waals surface area (Å²) in [4.78, 5) is 23.3. The normalized spacial score (nSPS) is 10.7. The number of nitrogens with one attached hydrogen (secondary N) is 2. The molecule has 0 fully saturated rings. The number of carbonyl (C=O) groups excluding carboxylic acids is 2. The van der Waals surface area contributed by atoms with Crippen molar-refractivity contribution in [2.24, 2.45) is 5.10 Å². The summed E-state index contributed by atoms with van der Waals surface area (Å²) in [5.41, 5.74) is 4.61. The van der Waals surface area contributed by atoms with Gasteiger partial charge in [-0.1, -0.05) is 0 Å². The zero-order chi connectivity index (χ0) is 23.8. The molecule has 3 aromatic carbocycles. The van der Waals surface area contributed by atoms with Crippen LogP contribution in [0, 0.1) is 11.6 Å². The molecule has 3 rings (SSSR count). The van der Waals surface area contributed by atoms with E-state index in [-0.39, 0.29) is 18.3 Å². The molecule has 9 heteroatoms. The van der Waals surface area contributed by atoms with E-state index >= 15 is 0 Å². The molecule has 0 bridgehead atoms. The second-order valence-electron chi connectivity index (χ2n) is 6.89. The predicted molar refractivity (Wildman–Crippen MR) is 119 cm³/mol. The van der Waals surface area contributed by atoms with Crippen molar-refractivity contribution in [3.05, 3.63) is 89.0 Å². The highest BCUT2D eigenvalue weighted by Crippen LogP contribution is 2.24. The first-order valence-corrected chi connectivity index (χ1v) is 9.81. The Bertz CT molecular complexity index is 1180. The summed E-state index contributed by atoms with van der Waals surface area (Å²) < 4.78 is 37.6. The van der Waals surface area contributed by atoms with E-state index in [0.29, 0.717) is 28.1 Å². The highest BCUT2D eigenvalue weighted by atomic mass is 19.1.